The smallest absolute Gasteiger partial charge is 0.280 e. The molecule has 3 aromatic heterocycles. The van der Waals surface area contributed by atoms with Gasteiger partial charge in [-0.3, -0.25) is 19.7 Å². The van der Waals surface area contributed by atoms with E-state index in [0.717, 1.165) is 18.5 Å². The van der Waals surface area contributed by atoms with E-state index in [0.29, 0.717) is 24.4 Å². The van der Waals surface area contributed by atoms with Crippen molar-refractivity contribution >= 4 is 23.0 Å². The van der Waals surface area contributed by atoms with Crippen LogP contribution in [0.25, 0.3) is 11.2 Å². The summed E-state index contributed by atoms with van der Waals surface area (Å²) in [5.41, 5.74) is 7.04. The lowest BCUT2D eigenvalue weighted by Crippen LogP contribution is -2.27. The molecule has 24 heavy (non-hydrogen) atoms. The molecule has 3 rings (SSSR count). The first-order valence-corrected chi connectivity index (χ1v) is 7.61. The molecule has 0 atom stereocenters. The minimum absolute atomic E-state index is 0.0262. The summed E-state index contributed by atoms with van der Waals surface area (Å²) in [6, 6.07) is 1.74. The van der Waals surface area contributed by atoms with Crippen LogP contribution in [0.1, 0.15) is 29.5 Å². The molecule has 0 unspecified atom stereocenters. The third-order valence-corrected chi connectivity index (χ3v) is 3.51. The van der Waals surface area contributed by atoms with Gasteiger partial charge >= 0.3 is 0 Å². The largest absolute Gasteiger partial charge is 0.369 e. The Morgan fingerprint density at radius 3 is 3.08 bits per heavy atom. The summed E-state index contributed by atoms with van der Waals surface area (Å²) < 4.78 is 1.66. The highest BCUT2D eigenvalue weighted by Crippen LogP contribution is 2.06. The van der Waals surface area contributed by atoms with Crippen molar-refractivity contribution in [3.8, 4) is 0 Å². The van der Waals surface area contributed by atoms with Crippen molar-refractivity contribution in [1.82, 2.24) is 35.0 Å². The van der Waals surface area contributed by atoms with Gasteiger partial charge in [0.25, 0.3) is 11.5 Å². The predicted octanol–water partition coefficient (Wildman–Crippen LogP) is -0.193. The first kappa shape index (κ1) is 15.7. The predicted molar refractivity (Wildman–Crippen MR) is 87.5 cm³/mol. The van der Waals surface area contributed by atoms with E-state index in [1.807, 2.05) is 0 Å². The lowest BCUT2D eigenvalue weighted by atomic mass is 10.2. The van der Waals surface area contributed by atoms with E-state index in [4.69, 9.17) is 5.73 Å². The normalized spacial score (nSPS) is 11.0. The van der Waals surface area contributed by atoms with Gasteiger partial charge in [-0.2, -0.15) is 10.1 Å². The Morgan fingerprint density at radius 1 is 1.46 bits per heavy atom. The molecule has 0 aliphatic carbocycles. The van der Waals surface area contributed by atoms with Crippen LogP contribution < -0.4 is 16.6 Å². The highest BCUT2D eigenvalue weighted by Gasteiger charge is 2.11. The quantitative estimate of drug-likeness (QED) is 0.492. The van der Waals surface area contributed by atoms with Crippen molar-refractivity contribution in [3.63, 3.8) is 0 Å². The maximum absolute atomic E-state index is 12.1. The molecular weight excluding hydrogens is 312 g/mol. The van der Waals surface area contributed by atoms with Gasteiger partial charge in [0, 0.05) is 18.8 Å². The summed E-state index contributed by atoms with van der Waals surface area (Å²) >= 11 is 0. The number of H-pyrrole nitrogens is 2. The molecule has 0 radical (unpaired) electrons. The van der Waals surface area contributed by atoms with Gasteiger partial charge in [0.05, 0.1) is 6.33 Å². The topological polar surface area (TPSA) is 147 Å². The zero-order valence-electron chi connectivity index (χ0n) is 13.2. The first-order valence-electron chi connectivity index (χ1n) is 7.61. The molecule has 0 spiro atoms. The molecule has 0 aromatic carbocycles. The molecule has 126 valence electrons. The summed E-state index contributed by atoms with van der Waals surface area (Å²) in [6.45, 7) is 2.81. The number of nitrogen functional groups attached to an aromatic ring is 1. The second kappa shape index (κ2) is 6.52. The number of hydrogen-bond acceptors (Lipinski definition) is 6. The third-order valence-electron chi connectivity index (χ3n) is 3.51. The SMILES string of the molecule is CCCc1cc(C(=O)NCCn2cnc3c(=O)[nH]c(N)nc32)n[nH]1. The van der Waals surface area contributed by atoms with Crippen molar-refractivity contribution in [2.24, 2.45) is 0 Å². The monoisotopic (exact) mass is 330 g/mol. The molecule has 3 aromatic rings. The fourth-order valence-corrected chi connectivity index (χ4v) is 2.39. The summed E-state index contributed by atoms with van der Waals surface area (Å²) in [4.78, 5) is 34.2. The zero-order valence-corrected chi connectivity index (χ0v) is 13.2. The second-order valence-corrected chi connectivity index (χ2v) is 5.35. The van der Waals surface area contributed by atoms with Crippen LogP contribution >= 0.6 is 0 Å². The number of nitrogens with two attached hydrogens (primary N) is 1. The van der Waals surface area contributed by atoms with Crippen LogP contribution in [-0.2, 0) is 13.0 Å². The van der Waals surface area contributed by atoms with Crippen molar-refractivity contribution in [1.29, 1.82) is 0 Å². The molecular formula is C14H18N8O2. The van der Waals surface area contributed by atoms with Gasteiger partial charge in [-0.05, 0) is 12.5 Å². The van der Waals surface area contributed by atoms with E-state index >= 15 is 0 Å². The van der Waals surface area contributed by atoms with Gasteiger partial charge in [-0.25, -0.2) is 4.98 Å². The number of anilines is 1. The molecule has 3 heterocycles. The standard InChI is InChI=1S/C14H18N8O2/c1-2-3-8-6-9(21-20-8)12(23)16-4-5-22-7-17-10-11(22)18-14(15)19-13(10)24/h6-7H,2-5H2,1H3,(H,16,23)(H,20,21)(H3,15,18,19,24). The second-order valence-electron chi connectivity index (χ2n) is 5.35. The van der Waals surface area contributed by atoms with Gasteiger partial charge in [-0.15, -0.1) is 0 Å². The number of rotatable bonds is 6. The zero-order chi connectivity index (χ0) is 17.1. The van der Waals surface area contributed by atoms with E-state index in [2.05, 4.69) is 37.4 Å². The molecule has 0 fully saturated rings. The van der Waals surface area contributed by atoms with Crippen LogP contribution in [-0.4, -0.2) is 42.2 Å². The number of aromatic nitrogens is 6. The Hall–Kier alpha value is -3.17. The Labute approximate surface area is 136 Å². The van der Waals surface area contributed by atoms with E-state index in [1.165, 1.54) is 6.33 Å². The lowest BCUT2D eigenvalue weighted by molar-refractivity contribution is 0.0947. The Kier molecular flexibility index (Phi) is 4.27. The van der Waals surface area contributed by atoms with Crippen molar-refractivity contribution in [2.75, 3.05) is 12.3 Å². The van der Waals surface area contributed by atoms with Gasteiger partial charge in [-0.1, -0.05) is 13.3 Å². The van der Waals surface area contributed by atoms with Gasteiger partial charge in [0.15, 0.2) is 11.2 Å². The summed E-state index contributed by atoms with van der Waals surface area (Å²) in [5.74, 6) is -0.235. The fourth-order valence-electron chi connectivity index (χ4n) is 2.39. The van der Waals surface area contributed by atoms with Crippen molar-refractivity contribution in [3.05, 3.63) is 34.1 Å². The van der Waals surface area contributed by atoms with Crippen LogP contribution in [0, 0.1) is 0 Å². The average Bonchev–Trinajstić information content (AvgIpc) is 3.15. The van der Waals surface area contributed by atoms with E-state index in [9.17, 15) is 9.59 Å². The number of carbonyl (C=O) groups excluding carboxylic acids is 1. The van der Waals surface area contributed by atoms with E-state index < -0.39 is 0 Å². The molecule has 1 amide bonds. The van der Waals surface area contributed by atoms with Crippen LogP contribution in [0.15, 0.2) is 17.2 Å². The maximum atomic E-state index is 12.1. The Balaban J connectivity index is 1.64. The molecule has 10 heteroatoms. The van der Waals surface area contributed by atoms with Gasteiger partial charge in [0.1, 0.15) is 5.69 Å². The molecule has 0 aliphatic heterocycles. The Bertz CT molecular complexity index is 922. The van der Waals surface area contributed by atoms with Crippen molar-refractivity contribution < 1.29 is 4.79 Å². The molecule has 0 saturated heterocycles. The van der Waals surface area contributed by atoms with E-state index in [1.54, 1.807) is 10.6 Å². The maximum Gasteiger partial charge on any atom is 0.280 e. The van der Waals surface area contributed by atoms with Gasteiger partial charge in [0.2, 0.25) is 5.95 Å². The van der Waals surface area contributed by atoms with Crippen LogP contribution in [0.4, 0.5) is 5.95 Å². The first-order chi connectivity index (χ1) is 11.6. The number of imidazole rings is 1. The van der Waals surface area contributed by atoms with Crippen molar-refractivity contribution in [2.45, 2.75) is 26.3 Å². The lowest BCUT2D eigenvalue weighted by Gasteiger charge is -2.05. The van der Waals surface area contributed by atoms with Crippen LogP contribution in [0.5, 0.6) is 0 Å². The van der Waals surface area contributed by atoms with E-state index in [-0.39, 0.29) is 22.9 Å². The minimum Gasteiger partial charge on any atom is -0.369 e. The minimum atomic E-state index is -0.389. The molecule has 0 aliphatic rings. The number of hydrogen-bond donors (Lipinski definition) is 4. The number of carbonyl (C=O) groups is 1. The number of aromatic amines is 2. The fraction of sp³-hybridized carbons (Fsp3) is 0.357. The summed E-state index contributed by atoms with van der Waals surface area (Å²) in [7, 11) is 0. The summed E-state index contributed by atoms with van der Waals surface area (Å²) in [6.07, 6.45) is 3.32. The highest BCUT2D eigenvalue weighted by molar-refractivity contribution is 5.92. The van der Waals surface area contributed by atoms with Crippen LogP contribution in [0.2, 0.25) is 0 Å². The number of nitrogens with zero attached hydrogens (tertiary/aromatic N) is 4. The highest BCUT2D eigenvalue weighted by atomic mass is 16.2. The number of nitrogens with one attached hydrogen (secondary N) is 3. The molecule has 0 saturated carbocycles. The van der Waals surface area contributed by atoms with Gasteiger partial charge < -0.3 is 15.6 Å². The third kappa shape index (κ3) is 3.12. The molecule has 5 N–H and O–H groups in total. The number of aryl methyl sites for hydroxylation is 1. The Morgan fingerprint density at radius 2 is 2.29 bits per heavy atom. The summed E-state index contributed by atoms with van der Waals surface area (Å²) in [5, 5.41) is 9.60. The average molecular weight is 330 g/mol. The molecule has 0 bridgehead atoms. The number of amides is 1. The molecule has 10 nitrogen and oxygen atoms in total. The van der Waals surface area contributed by atoms with Crippen LogP contribution in [0.3, 0.4) is 0 Å². The number of fused-ring (bicyclic) bond motifs is 1.